The fourth-order valence-electron chi connectivity index (χ4n) is 3.22. The van der Waals surface area contributed by atoms with Crippen LogP contribution in [-0.4, -0.2) is 37.1 Å². The van der Waals surface area contributed by atoms with Gasteiger partial charge in [0.2, 0.25) is 0 Å². The Morgan fingerprint density at radius 1 is 1.06 bits per heavy atom. The molecule has 1 fully saturated rings. The van der Waals surface area contributed by atoms with Crippen LogP contribution in [0.5, 0.6) is 0 Å². The van der Waals surface area contributed by atoms with Crippen LogP contribution < -0.4 is 5.32 Å². The van der Waals surface area contributed by atoms with Gasteiger partial charge in [0, 0.05) is 12.6 Å². The fourth-order valence-corrected chi connectivity index (χ4v) is 3.22. The zero-order valence-corrected chi connectivity index (χ0v) is 13.0. The first-order valence-corrected chi connectivity index (χ1v) is 8.09. The lowest BCUT2D eigenvalue weighted by molar-refractivity contribution is 0.0781. The quantitative estimate of drug-likeness (QED) is 0.667. The highest BCUT2D eigenvalue weighted by molar-refractivity contribution is 4.81. The summed E-state index contributed by atoms with van der Waals surface area (Å²) in [6.07, 6.45) is 6.93. The largest absolute Gasteiger partial charge is 0.317 e. The number of likely N-dealkylation sites (tertiary alicyclic amines) is 1. The highest BCUT2D eigenvalue weighted by Crippen LogP contribution is 2.26. The van der Waals surface area contributed by atoms with E-state index < -0.39 is 0 Å². The summed E-state index contributed by atoms with van der Waals surface area (Å²) >= 11 is 0. The van der Waals surface area contributed by atoms with Crippen LogP contribution in [0.1, 0.15) is 59.8 Å². The van der Waals surface area contributed by atoms with E-state index in [0.29, 0.717) is 0 Å². The van der Waals surface area contributed by atoms with Crippen molar-refractivity contribution in [3.8, 4) is 0 Å². The van der Waals surface area contributed by atoms with E-state index in [-0.39, 0.29) is 0 Å². The van der Waals surface area contributed by atoms with Crippen molar-refractivity contribution in [1.29, 1.82) is 0 Å². The van der Waals surface area contributed by atoms with Gasteiger partial charge in [-0.15, -0.1) is 0 Å². The average Bonchev–Trinajstić information content (AvgIpc) is 2.33. The van der Waals surface area contributed by atoms with Gasteiger partial charge in [-0.05, 0) is 57.7 Å². The predicted molar refractivity (Wildman–Crippen MR) is 81.0 cm³/mol. The summed E-state index contributed by atoms with van der Waals surface area (Å²) in [6, 6.07) is 0.794. The standard InChI is InChI=1S/C16H34N2/c1-5-17-10-8-6-7-9-11-18-13-14(2)12-15(3)16(18)4/h14-17H,5-13H2,1-4H3. The van der Waals surface area contributed by atoms with Gasteiger partial charge in [0.25, 0.3) is 0 Å². The van der Waals surface area contributed by atoms with Gasteiger partial charge < -0.3 is 10.2 Å². The van der Waals surface area contributed by atoms with Crippen LogP contribution in [-0.2, 0) is 0 Å². The Labute approximate surface area is 115 Å². The number of hydrogen-bond donors (Lipinski definition) is 1. The molecule has 0 aromatic heterocycles. The topological polar surface area (TPSA) is 15.3 Å². The summed E-state index contributed by atoms with van der Waals surface area (Å²) in [5.41, 5.74) is 0. The number of hydrogen-bond acceptors (Lipinski definition) is 2. The minimum Gasteiger partial charge on any atom is -0.317 e. The molecule has 1 aliphatic heterocycles. The SMILES string of the molecule is CCNCCCCCCN1CC(C)CC(C)C1C. The Kier molecular flexibility index (Phi) is 7.92. The third kappa shape index (κ3) is 5.71. The highest BCUT2D eigenvalue weighted by atomic mass is 15.2. The first kappa shape index (κ1) is 16.0. The van der Waals surface area contributed by atoms with E-state index >= 15 is 0 Å². The summed E-state index contributed by atoms with van der Waals surface area (Å²) in [6.45, 7) is 14.4. The molecule has 1 saturated heterocycles. The maximum absolute atomic E-state index is 3.40. The second kappa shape index (κ2) is 8.92. The second-order valence-corrected chi connectivity index (χ2v) is 6.32. The van der Waals surface area contributed by atoms with E-state index in [1.54, 1.807) is 0 Å². The molecule has 0 aromatic rings. The van der Waals surface area contributed by atoms with E-state index in [4.69, 9.17) is 0 Å². The molecule has 2 nitrogen and oxygen atoms in total. The molecule has 1 heterocycles. The molecule has 1 aliphatic rings. The van der Waals surface area contributed by atoms with Gasteiger partial charge in [0.1, 0.15) is 0 Å². The van der Waals surface area contributed by atoms with Crippen LogP contribution >= 0.6 is 0 Å². The third-order valence-corrected chi connectivity index (χ3v) is 4.52. The minimum absolute atomic E-state index is 0.794. The predicted octanol–water partition coefficient (Wildman–Crippen LogP) is 3.52. The molecular weight excluding hydrogens is 220 g/mol. The van der Waals surface area contributed by atoms with Crippen molar-refractivity contribution in [1.82, 2.24) is 10.2 Å². The molecule has 1 N–H and O–H groups in total. The zero-order chi connectivity index (χ0) is 13.4. The monoisotopic (exact) mass is 254 g/mol. The second-order valence-electron chi connectivity index (χ2n) is 6.32. The van der Waals surface area contributed by atoms with Crippen molar-refractivity contribution in [2.24, 2.45) is 11.8 Å². The van der Waals surface area contributed by atoms with Crippen molar-refractivity contribution in [3.05, 3.63) is 0 Å². The van der Waals surface area contributed by atoms with Gasteiger partial charge in [-0.1, -0.05) is 33.6 Å². The van der Waals surface area contributed by atoms with Crippen LogP contribution in [0, 0.1) is 11.8 Å². The molecule has 108 valence electrons. The number of unbranched alkanes of at least 4 members (excludes halogenated alkanes) is 3. The van der Waals surface area contributed by atoms with Crippen LogP contribution in [0.3, 0.4) is 0 Å². The molecule has 0 spiro atoms. The average molecular weight is 254 g/mol. The summed E-state index contributed by atoms with van der Waals surface area (Å²) in [4.78, 5) is 2.73. The molecular formula is C16H34N2. The first-order chi connectivity index (χ1) is 8.65. The van der Waals surface area contributed by atoms with Crippen molar-refractivity contribution in [2.45, 2.75) is 65.8 Å². The fraction of sp³-hybridized carbons (Fsp3) is 1.00. The van der Waals surface area contributed by atoms with Gasteiger partial charge in [-0.2, -0.15) is 0 Å². The van der Waals surface area contributed by atoms with Crippen LogP contribution in [0.4, 0.5) is 0 Å². The highest BCUT2D eigenvalue weighted by Gasteiger charge is 2.27. The molecule has 0 saturated carbocycles. The Morgan fingerprint density at radius 3 is 2.50 bits per heavy atom. The molecule has 3 atom stereocenters. The molecule has 0 aliphatic carbocycles. The van der Waals surface area contributed by atoms with Crippen molar-refractivity contribution < 1.29 is 0 Å². The maximum atomic E-state index is 3.40. The Balaban J connectivity index is 2.07. The van der Waals surface area contributed by atoms with Crippen LogP contribution in [0.25, 0.3) is 0 Å². The first-order valence-electron chi connectivity index (χ1n) is 8.09. The molecule has 0 aromatic carbocycles. The molecule has 18 heavy (non-hydrogen) atoms. The molecule has 3 unspecified atom stereocenters. The number of nitrogens with zero attached hydrogens (tertiary/aromatic N) is 1. The molecule has 0 radical (unpaired) electrons. The molecule has 1 rings (SSSR count). The number of piperidine rings is 1. The normalized spacial score (nSPS) is 29.7. The molecule has 2 heteroatoms. The van der Waals surface area contributed by atoms with Gasteiger partial charge >= 0.3 is 0 Å². The Bertz CT molecular complexity index is 205. The van der Waals surface area contributed by atoms with Crippen molar-refractivity contribution in [3.63, 3.8) is 0 Å². The van der Waals surface area contributed by atoms with Crippen LogP contribution in [0.15, 0.2) is 0 Å². The molecule has 0 amide bonds. The lowest BCUT2D eigenvalue weighted by Gasteiger charge is -2.41. The van der Waals surface area contributed by atoms with Crippen molar-refractivity contribution in [2.75, 3.05) is 26.2 Å². The van der Waals surface area contributed by atoms with E-state index in [1.807, 2.05) is 0 Å². The lowest BCUT2D eigenvalue weighted by Crippen LogP contribution is -2.45. The van der Waals surface area contributed by atoms with E-state index in [9.17, 15) is 0 Å². The smallest absolute Gasteiger partial charge is 0.00927 e. The van der Waals surface area contributed by atoms with Gasteiger partial charge in [-0.25, -0.2) is 0 Å². The van der Waals surface area contributed by atoms with E-state index in [0.717, 1.165) is 24.4 Å². The molecule has 0 bridgehead atoms. The number of rotatable bonds is 8. The van der Waals surface area contributed by atoms with Crippen LogP contribution in [0.2, 0.25) is 0 Å². The lowest BCUT2D eigenvalue weighted by atomic mass is 9.86. The Hall–Kier alpha value is -0.0800. The third-order valence-electron chi connectivity index (χ3n) is 4.52. The van der Waals surface area contributed by atoms with Gasteiger partial charge in [0.15, 0.2) is 0 Å². The van der Waals surface area contributed by atoms with Gasteiger partial charge in [0.05, 0.1) is 0 Å². The summed E-state index contributed by atoms with van der Waals surface area (Å²) in [5.74, 6) is 1.77. The van der Waals surface area contributed by atoms with Gasteiger partial charge in [-0.3, -0.25) is 0 Å². The Morgan fingerprint density at radius 2 is 1.78 bits per heavy atom. The summed E-state index contributed by atoms with van der Waals surface area (Å²) < 4.78 is 0. The zero-order valence-electron chi connectivity index (χ0n) is 13.0. The summed E-state index contributed by atoms with van der Waals surface area (Å²) in [5, 5.41) is 3.40. The number of nitrogens with one attached hydrogen (secondary N) is 1. The van der Waals surface area contributed by atoms with Crippen molar-refractivity contribution >= 4 is 0 Å². The van der Waals surface area contributed by atoms with E-state index in [2.05, 4.69) is 37.9 Å². The minimum atomic E-state index is 0.794. The summed E-state index contributed by atoms with van der Waals surface area (Å²) in [7, 11) is 0. The van der Waals surface area contributed by atoms with E-state index in [1.165, 1.54) is 51.7 Å². The maximum Gasteiger partial charge on any atom is 0.00927 e.